The number of carbonyl (C=O) groups excluding carboxylic acids is 3. The van der Waals surface area contributed by atoms with Gasteiger partial charge in [0.2, 0.25) is 0 Å². The Balaban J connectivity index is 1.99. The number of phenols is 1. The molecule has 2 heterocycles. The van der Waals surface area contributed by atoms with Crippen LogP contribution in [0.4, 0.5) is 0 Å². The van der Waals surface area contributed by atoms with Crippen LogP contribution in [0.5, 0.6) is 5.75 Å². The average Bonchev–Trinajstić information content (AvgIpc) is 2.81. The van der Waals surface area contributed by atoms with Crippen molar-refractivity contribution in [3.8, 4) is 5.75 Å². The number of hydrogen-bond acceptors (Lipinski definition) is 6. The molecule has 1 aromatic rings. The standard InChI is InChI=1S/C17H14O6/c1-17(2)13-12(16-9(23-17)6-10(19)22-16)14(20)7-4-3-5-8(18)11(7)15(13)21/h3-5,9,16,18H,6H2,1-2H3. The highest BCUT2D eigenvalue weighted by Gasteiger charge is 2.54. The average molecular weight is 314 g/mol. The van der Waals surface area contributed by atoms with E-state index in [1.165, 1.54) is 18.2 Å². The van der Waals surface area contributed by atoms with Crippen LogP contribution < -0.4 is 0 Å². The first-order chi connectivity index (χ1) is 10.8. The molecule has 0 spiro atoms. The summed E-state index contributed by atoms with van der Waals surface area (Å²) >= 11 is 0. The van der Waals surface area contributed by atoms with Crippen molar-refractivity contribution in [1.82, 2.24) is 0 Å². The third-order valence-corrected chi connectivity index (χ3v) is 4.55. The van der Waals surface area contributed by atoms with E-state index < -0.39 is 35.3 Å². The maximum atomic E-state index is 12.9. The Morgan fingerprint density at radius 3 is 2.65 bits per heavy atom. The minimum atomic E-state index is -1.04. The lowest BCUT2D eigenvalue weighted by Gasteiger charge is -2.41. The van der Waals surface area contributed by atoms with E-state index in [1.54, 1.807) is 13.8 Å². The first-order valence-corrected chi connectivity index (χ1v) is 7.34. The van der Waals surface area contributed by atoms with E-state index in [1.807, 2.05) is 0 Å². The second-order valence-corrected chi connectivity index (χ2v) is 6.43. The molecule has 1 aliphatic carbocycles. The van der Waals surface area contributed by atoms with Crippen LogP contribution in [0.15, 0.2) is 29.3 Å². The predicted molar refractivity (Wildman–Crippen MR) is 77.2 cm³/mol. The highest BCUT2D eigenvalue weighted by Crippen LogP contribution is 2.46. The van der Waals surface area contributed by atoms with Crippen LogP contribution >= 0.6 is 0 Å². The van der Waals surface area contributed by atoms with E-state index in [4.69, 9.17) is 9.47 Å². The monoisotopic (exact) mass is 314 g/mol. The van der Waals surface area contributed by atoms with Gasteiger partial charge in [0, 0.05) is 11.1 Å². The van der Waals surface area contributed by atoms with Crippen molar-refractivity contribution in [2.24, 2.45) is 0 Å². The van der Waals surface area contributed by atoms with Crippen LogP contribution in [-0.4, -0.2) is 40.5 Å². The largest absolute Gasteiger partial charge is 0.507 e. The number of ketones is 2. The molecule has 0 radical (unpaired) electrons. The summed E-state index contributed by atoms with van der Waals surface area (Å²) in [6.45, 7) is 3.36. The Bertz CT molecular complexity index is 816. The van der Waals surface area contributed by atoms with Crippen molar-refractivity contribution in [2.45, 2.75) is 38.1 Å². The highest BCUT2D eigenvalue weighted by molar-refractivity contribution is 6.29. The Labute approximate surface area is 131 Å². The van der Waals surface area contributed by atoms with Gasteiger partial charge in [-0.25, -0.2) is 0 Å². The number of aromatic hydroxyl groups is 1. The summed E-state index contributed by atoms with van der Waals surface area (Å²) in [5.74, 6) is -1.55. The molecule has 2 atom stereocenters. The van der Waals surface area contributed by atoms with Crippen LogP contribution in [0, 0.1) is 0 Å². The maximum Gasteiger partial charge on any atom is 0.309 e. The zero-order valence-corrected chi connectivity index (χ0v) is 12.6. The fourth-order valence-corrected chi connectivity index (χ4v) is 3.67. The fraction of sp³-hybridized carbons (Fsp3) is 0.353. The first kappa shape index (κ1) is 14.1. The topological polar surface area (TPSA) is 89.9 Å². The Morgan fingerprint density at radius 2 is 1.91 bits per heavy atom. The van der Waals surface area contributed by atoms with Gasteiger partial charge >= 0.3 is 5.97 Å². The number of hydrogen-bond donors (Lipinski definition) is 1. The number of benzene rings is 1. The summed E-state index contributed by atoms with van der Waals surface area (Å²) in [4.78, 5) is 37.5. The lowest BCUT2D eigenvalue weighted by atomic mass is 9.73. The smallest absolute Gasteiger partial charge is 0.309 e. The van der Waals surface area contributed by atoms with Crippen LogP contribution in [0.1, 0.15) is 41.0 Å². The molecule has 4 rings (SSSR count). The zero-order chi connectivity index (χ0) is 16.5. The van der Waals surface area contributed by atoms with Crippen molar-refractivity contribution >= 4 is 17.5 Å². The third kappa shape index (κ3) is 1.75. The second-order valence-electron chi connectivity index (χ2n) is 6.43. The number of Topliss-reactive ketones (excluding diaryl/α,β-unsaturated/α-hetero) is 2. The molecule has 6 nitrogen and oxygen atoms in total. The van der Waals surface area contributed by atoms with Gasteiger partial charge < -0.3 is 14.6 Å². The molecular formula is C17H14O6. The van der Waals surface area contributed by atoms with Gasteiger partial charge in [-0.2, -0.15) is 0 Å². The number of fused-ring (bicyclic) bond motifs is 3. The fourth-order valence-electron chi connectivity index (χ4n) is 3.67. The van der Waals surface area contributed by atoms with E-state index in [-0.39, 0.29) is 34.4 Å². The molecule has 1 N–H and O–H groups in total. The van der Waals surface area contributed by atoms with Crippen molar-refractivity contribution in [2.75, 3.05) is 0 Å². The lowest BCUT2D eigenvalue weighted by molar-refractivity contribution is -0.141. The van der Waals surface area contributed by atoms with Gasteiger partial charge in [-0.05, 0) is 19.9 Å². The Hall–Kier alpha value is -2.47. The van der Waals surface area contributed by atoms with Gasteiger partial charge in [0.1, 0.15) is 11.9 Å². The van der Waals surface area contributed by atoms with Crippen LogP contribution in [-0.2, 0) is 14.3 Å². The van der Waals surface area contributed by atoms with Gasteiger partial charge in [-0.15, -0.1) is 0 Å². The Morgan fingerprint density at radius 1 is 1.17 bits per heavy atom. The van der Waals surface area contributed by atoms with E-state index in [0.717, 1.165) is 0 Å². The normalized spacial score (nSPS) is 28.2. The minimum Gasteiger partial charge on any atom is -0.507 e. The first-order valence-electron chi connectivity index (χ1n) is 7.34. The lowest BCUT2D eigenvalue weighted by Crippen LogP contribution is -2.49. The summed E-state index contributed by atoms with van der Waals surface area (Å²) in [6, 6.07) is 4.37. The summed E-state index contributed by atoms with van der Waals surface area (Å²) in [7, 11) is 0. The number of carbonyl (C=O) groups is 3. The molecule has 6 heteroatoms. The molecule has 1 saturated heterocycles. The molecule has 0 saturated carbocycles. The van der Waals surface area contributed by atoms with Crippen LogP contribution in [0.25, 0.3) is 0 Å². The molecule has 0 aromatic heterocycles. The summed E-state index contributed by atoms with van der Waals surface area (Å²) < 4.78 is 11.1. The van der Waals surface area contributed by atoms with Crippen LogP contribution in [0.3, 0.4) is 0 Å². The third-order valence-electron chi connectivity index (χ3n) is 4.55. The Kier molecular flexibility index (Phi) is 2.64. The highest BCUT2D eigenvalue weighted by atomic mass is 16.6. The minimum absolute atomic E-state index is 0.0179. The number of ether oxygens (including phenoxy) is 2. The maximum absolute atomic E-state index is 12.9. The van der Waals surface area contributed by atoms with E-state index in [9.17, 15) is 19.5 Å². The van der Waals surface area contributed by atoms with Gasteiger partial charge in [0.05, 0.1) is 23.2 Å². The van der Waals surface area contributed by atoms with E-state index in [0.29, 0.717) is 0 Å². The number of phenolic OH excluding ortho intramolecular Hbond substituents is 1. The summed E-state index contributed by atoms with van der Waals surface area (Å²) in [5, 5.41) is 10.0. The summed E-state index contributed by atoms with van der Waals surface area (Å²) in [5.41, 5.74) is -0.589. The quantitative estimate of drug-likeness (QED) is 0.731. The molecule has 0 amide bonds. The SMILES string of the molecule is CC1(C)OC2CC(=O)OC2C2=C1C(=O)c1c(O)cccc1C2=O. The molecule has 23 heavy (non-hydrogen) atoms. The number of esters is 1. The second kappa shape index (κ2) is 4.29. The van der Waals surface area contributed by atoms with E-state index in [2.05, 4.69) is 0 Å². The molecule has 1 aromatic carbocycles. The van der Waals surface area contributed by atoms with E-state index >= 15 is 0 Å². The molecule has 118 valence electrons. The molecule has 1 fully saturated rings. The molecule has 3 aliphatic rings. The zero-order valence-electron chi connectivity index (χ0n) is 12.6. The molecule has 2 unspecified atom stereocenters. The molecular weight excluding hydrogens is 300 g/mol. The molecule has 2 aliphatic heterocycles. The summed E-state index contributed by atoms with van der Waals surface area (Å²) in [6.07, 6.45) is -1.39. The van der Waals surface area contributed by atoms with Gasteiger partial charge in [-0.3, -0.25) is 14.4 Å². The van der Waals surface area contributed by atoms with Crippen molar-refractivity contribution in [1.29, 1.82) is 0 Å². The predicted octanol–water partition coefficient (Wildman–Crippen LogP) is 1.56. The van der Waals surface area contributed by atoms with Gasteiger partial charge in [0.15, 0.2) is 17.7 Å². The van der Waals surface area contributed by atoms with Crippen molar-refractivity contribution < 1.29 is 29.0 Å². The number of rotatable bonds is 0. The van der Waals surface area contributed by atoms with Crippen LogP contribution in [0.2, 0.25) is 0 Å². The van der Waals surface area contributed by atoms with Gasteiger partial charge in [-0.1, -0.05) is 12.1 Å². The van der Waals surface area contributed by atoms with Crippen molar-refractivity contribution in [3.63, 3.8) is 0 Å². The molecule has 0 bridgehead atoms. The van der Waals surface area contributed by atoms with Gasteiger partial charge in [0.25, 0.3) is 0 Å². The van der Waals surface area contributed by atoms with Crippen molar-refractivity contribution in [3.05, 3.63) is 40.5 Å².